The molecule has 1 aromatic heterocycles. The van der Waals surface area contributed by atoms with Gasteiger partial charge in [0.2, 0.25) is 10.0 Å². The standard InChI is InChI=1S/C11H17NO3S2/c1-8-11(5-10(7-13)16-8)17(14,15)12-6-9-3-2-4-9/h5,9,12-13H,2-4,6-7H2,1H3. The molecule has 6 heteroatoms. The first kappa shape index (κ1) is 13.0. The largest absolute Gasteiger partial charge is 0.391 e. The van der Waals surface area contributed by atoms with Crippen molar-refractivity contribution in [3.63, 3.8) is 0 Å². The third-order valence-corrected chi connectivity index (χ3v) is 5.87. The summed E-state index contributed by atoms with van der Waals surface area (Å²) in [6.45, 7) is 2.19. The molecule has 0 unspecified atom stereocenters. The zero-order chi connectivity index (χ0) is 12.5. The molecule has 0 radical (unpaired) electrons. The fourth-order valence-electron chi connectivity index (χ4n) is 1.87. The summed E-state index contributed by atoms with van der Waals surface area (Å²) in [6.07, 6.45) is 3.44. The molecule has 17 heavy (non-hydrogen) atoms. The zero-order valence-corrected chi connectivity index (χ0v) is 11.4. The van der Waals surface area contributed by atoms with E-state index in [2.05, 4.69) is 4.72 Å². The maximum absolute atomic E-state index is 12.0. The summed E-state index contributed by atoms with van der Waals surface area (Å²) in [4.78, 5) is 1.73. The summed E-state index contributed by atoms with van der Waals surface area (Å²) in [7, 11) is -3.40. The van der Waals surface area contributed by atoms with Gasteiger partial charge in [-0.2, -0.15) is 0 Å². The third-order valence-electron chi connectivity index (χ3n) is 3.16. The van der Waals surface area contributed by atoms with E-state index in [9.17, 15) is 8.42 Å². The van der Waals surface area contributed by atoms with Crippen LogP contribution in [0.3, 0.4) is 0 Å². The Balaban J connectivity index is 2.09. The van der Waals surface area contributed by atoms with Crippen molar-refractivity contribution >= 4 is 21.4 Å². The molecule has 96 valence electrons. The highest BCUT2D eigenvalue weighted by Gasteiger charge is 2.23. The minimum absolute atomic E-state index is 0.107. The molecule has 0 spiro atoms. The number of rotatable bonds is 5. The van der Waals surface area contributed by atoms with Crippen LogP contribution in [0.25, 0.3) is 0 Å². The molecular formula is C11H17NO3S2. The average molecular weight is 275 g/mol. The van der Waals surface area contributed by atoms with Crippen molar-refractivity contribution < 1.29 is 13.5 Å². The van der Waals surface area contributed by atoms with Crippen molar-refractivity contribution in [1.82, 2.24) is 4.72 Å². The number of sulfonamides is 1. The molecule has 1 saturated carbocycles. The quantitative estimate of drug-likeness (QED) is 0.858. The Morgan fingerprint density at radius 3 is 2.71 bits per heavy atom. The number of hydrogen-bond donors (Lipinski definition) is 2. The van der Waals surface area contributed by atoms with Gasteiger partial charge in [0, 0.05) is 16.3 Å². The second-order valence-corrected chi connectivity index (χ2v) is 7.52. The SMILES string of the molecule is Cc1sc(CO)cc1S(=O)(=O)NCC1CCC1. The molecule has 1 aromatic rings. The number of hydrogen-bond acceptors (Lipinski definition) is 4. The Morgan fingerprint density at radius 2 is 2.24 bits per heavy atom. The minimum Gasteiger partial charge on any atom is -0.391 e. The molecule has 2 rings (SSSR count). The molecule has 1 fully saturated rings. The third kappa shape index (κ3) is 2.88. The molecule has 4 nitrogen and oxygen atoms in total. The molecular weight excluding hydrogens is 258 g/mol. The monoisotopic (exact) mass is 275 g/mol. The van der Waals surface area contributed by atoms with E-state index in [1.165, 1.54) is 17.8 Å². The summed E-state index contributed by atoms with van der Waals surface area (Å²) in [5.74, 6) is 0.501. The van der Waals surface area contributed by atoms with Gasteiger partial charge < -0.3 is 5.11 Å². The number of thiophene rings is 1. The van der Waals surface area contributed by atoms with E-state index in [1.54, 1.807) is 13.0 Å². The van der Waals surface area contributed by atoms with Crippen molar-refractivity contribution in [2.45, 2.75) is 37.7 Å². The Bertz CT molecular complexity index is 489. The number of aliphatic hydroxyl groups is 1. The summed E-state index contributed by atoms with van der Waals surface area (Å²) in [5.41, 5.74) is 0. The van der Waals surface area contributed by atoms with E-state index >= 15 is 0 Å². The number of aliphatic hydroxyl groups excluding tert-OH is 1. The van der Waals surface area contributed by atoms with E-state index in [4.69, 9.17) is 5.11 Å². The first-order valence-corrected chi connectivity index (χ1v) is 8.02. The Kier molecular flexibility index (Phi) is 3.87. The Hall–Kier alpha value is -0.430. The van der Waals surface area contributed by atoms with E-state index in [-0.39, 0.29) is 6.61 Å². The van der Waals surface area contributed by atoms with Crippen LogP contribution in [-0.4, -0.2) is 20.1 Å². The summed E-state index contributed by atoms with van der Waals surface area (Å²) in [6, 6.07) is 1.56. The summed E-state index contributed by atoms with van der Waals surface area (Å²) >= 11 is 1.33. The van der Waals surface area contributed by atoms with Crippen LogP contribution in [0.1, 0.15) is 29.0 Å². The fourth-order valence-corrected chi connectivity index (χ4v) is 4.48. The fraction of sp³-hybridized carbons (Fsp3) is 0.636. The van der Waals surface area contributed by atoms with Crippen LogP contribution in [0.5, 0.6) is 0 Å². The van der Waals surface area contributed by atoms with Gasteiger partial charge in [0.05, 0.1) is 11.5 Å². The van der Waals surface area contributed by atoms with E-state index in [1.807, 2.05) is 0 Å². The lowest BCUT2D eigenvalue weighted by molar-refractivity contribution is 0.285. The van der Waals surface area contributed by atoms with Crippen LogP contribution in [-0.2, 0) is 16.6 Å². The molecule has 0 aliphatic heterocycles. The van der Waals surface area contributed by atoms with E-state index in [0.717, 1.165) is 17.7 Å². The molecule has 1 heterocycles. The average Bonchev–Trinajstić information content (AvgIpc) is 2.58. The highest BCUT2D eigenvalue weighted by atomic mass is 32.2. The minimum atomic E-state index is -3.40. The van der Waals surface area contributed by atoms with E-state index < -0.39 is 10.0 Å². The predicted molar refractivity (Wildman–Crippen MR) is 67.5 cm³/mol. The summed E-state index contributed by atoms with van der Waals surface area (Å²) < 4.78 is 26.7. The van der Waals surface area contributed by atoms with Crippen LogP contribution in [0.2, 0.25) is 0 Å². The maximum Gasteiger partial charge on any atom is 0.241 e. The van der Waals surface area contributed by atoms with Crippen LogP contribution >= 0.6 is 11.3 Å². The lowest BCUT2D eigenvalue weighted by atomic mass is 9.86. The van der Waals surface area contributed by atoms with E-state index in [0.29, 0.717) is 22.2 Å². The molecule has 1 aliphatic carbocycles. The van der Waals surface area contributed by atoms with Crippen LogP contribution in [0.4, 0.5) is 0 Å². The smallest absolute Gasteiger partial charge is 0.241 e. The van der Waals surface area contributed by atoms with Crippen molar-refractivity contribution in [2.75, 3.05) is 6.54 Å². The van der Waals surface area contributed by atoms with Gasteiger partial charge in [-0.05, 0) is 31.7 Å². The molecule has 0 amide bonds. The highest BCUT2D eigenvalue weighted by Crippen LogP contribution is 2.28. The van der Waals surface area contributed by atoms with Gasteiger partial charge >= 0.3 is 0 Å². The van der Waals surface area contributed by atoms with Crippen molar-refractivity contribution in [3.8, 4) is 0 Å². The number of aryl methyl sites for hydroxylation is 1. The summed E-state index contributed by atoms with van der Waals surface area (Å²) in [5, 5.41) is 9.00. The Morgan fingerprint density at radius 1 is 1.53 bits per heavy atom. The first-order valence-electron chi connectivity index (χ1n) is 5.73. The lowest BCUT2D eigenvalue weighted by Crippen LogP contribution is -2.32. The predicted octanol–water partition coefficient (Wildman–Crippen LogP) is 1.63. The van der Waals surface area contributed by atoms with Crippen molar-refractivity contribution in [3.05, 3.63) is 15.8 Å². The Labute approximate surface area is 106 Å². The first-order chi connectivity index (χ1) is 8.03. The highest BCUT2D eigenvalue weighted by molar-refractivity contribution is 7.89. The lowest BCUT2D eigenvalue weighted by Gasteiger charge is -2.25. The van der Waals surface area contributed by atoms with Gasteiger partial charge in [-0.25, -0.2) is 13.1 Å². The van der Waals surface area contributed by atoms with Crippen LogP contribution in [0.15, 0.2) is 11.0 Å². The van der Waals surface area contributed by atoms with Gasteiger partial charge in [-0.15, -0.1) is 11.3 Å². The second kappa shape index (κ2) is 5.06. The number of nitrogens with one attached hydrogen (secondary N) is 1. The normalized spacial score (nSPS) is 17.1. The van der Waals surface area contributed by atoms with Gasteiger partial charge in [0.15, 0.2) is 0 Å². The maximum atomic E-state index is 12.0. The molecule has 0 bridgehead atoms. The van der Waals surface area contributed by atoms with Gasteiger partial charge in [-0.1, -0.05) is 6.42 Å². The van der Waals surface area contributed by atoms with Gasteiger partial charge in [-0.3, -0.25) is 0 Å². The topological polar surface area (TPSA) is 66.4 Å². The molecule has 0 saturated heterocycles. The van der Waals surface area contributed by atoms with Gasteiger partial charge in [0.1, 0.15) is 0 Å². The van der Waals surface area contributed by atoms with Crippen LogP contribution < -0.4 is 4.72 Å². The molecule has 1 aliphatic rings. The van der Waals surface area contributed by atoms with Crippen molar-refractivity contribution in [1.29, 1.82) is 0 Å². The second-order valence-electron chi connectivity index (χ2n) is 4.44. The molecule has 0 atom stereocenters. The van der Waals surface area contributed by atoms with Crippen LogP contribution in [0, 0.1) is 12.8 Å². The zero-order valence-electron chi connectivity index (χ0n) is 9.77. The van der Waals surface area contributed by atoms with Gasteiger partial charge in [0.25, 0.3) is 0 Å². The molecule has 0 aromatic carbocycles. The van der Waals surface area contributed by atoms with Crippen molar-refractivity contribution in [2.24, 2.45) is 5.92 Å². The molecule has 2 N–H and O–H groups in total.